The number of rotatable bonds is 9. The summed E-state index contributed by atoms with van der Waals surface area (Å²) in [6.07, 6.45) is 0.560. The van der Waals surface area contributed by atoms with Crippen LogP contribution in [-0.2, 0) is 16.0 Å². The minimum absolute atomic E-state index is 0.137. The van der Waals surface area contributed by atoms with Gasteiger partial charge in [0.15, 0.2) is 18.1 Å². The van der Waals surface area contributed by atoms with Crippen molar-refractivity contribution < 1.29 is 28.5 Å². The van der Waals surface area contributed by atoms with Crippen LogP contribution in [0.3, 0.4) is 0 Å². The number of esters is 1. The lowest BCUT2D eigenvalue weighted by atomic mass is 9.98. The molecule has 0 unspecified atom stereocenters. The van der Waals surface area contributed by atoms with Crippen LogP contribution in [0.4, 0.5) is 0 Å². The first kappa shape index (κ1) is 22.3. The first-order valence-electron chi connectivity index (χ1n) is 9.36. The second-order valence-electron chi connectivity index (χ2n) is 6.87. The summed E-state index contributed by atoms with van der Waals surface area (Å²) in [5.74, 6) is 0.905. The molecule has 29 heavy (non-hydrogen) atoms. The summed E-state index contributed by atoms with van der Waals surface area (Å²) in [7, 11) is 4.61. The number of Topliss-reactive ketones (excluding diaryl/α,β-unsaturated/α-hetero) is 1. The van der Waals surface area contributed by atoms with E-state index in [1.54, 1.807) is 12.1 Å². The molecule has 0 aliphatic rings. The number of methoxy groups -OCH3 is 3. The third-order valence-electron chi connectivity index (χ3n) is 4.85. The van der Waals surface area contributed by atoms with E-state index >= 15 is 0 Å². The Labute approximate surface area is 171 Å². The summed E-state index contributed by atoms with van der Waals surface area (Å²) >= 11 is 0. The second kappa shape index (κ2) is 9.96. The minimum atomic E-state index is -0.436. The molecule has 2 aromatic carbocycles. The van der Waals surface area contributed by atoms with Crippen LogP contribution in [0, 0.1) is 20.8 Å². The van der Waals surface area contributed by atoms with Crippen LogP contribution in [0.5, 0.6) is 17.2 Å². The van der Waals surface area contributed by atoms with Crippen LogP contribution in [0.1, 0.15) is 39.0 Å². The number of aryl methyl sites for hydroxylation is 4. The highest BCUT2D eigenvalue weighted by atomic mass is 16.5. The molecule has 0 aliphatic carbocycles. The van der Waals surface area contributed by atoms with Gasteiger partial charge in [-0.15, -0.1) is 0 Å². The van der Waals surface area contributed by atoms with Gasteiger partial charge in [-0.3, -0.25) is 9.59 Å². The Hall–Kier alpha value is -3.02. The molecule has 2 aromatic rings. The zero-order valence-electron chi connectivity index (χ0n) is 17.9. The van der Waals surface area contributed by atoms with Crippen molar-refractivity contribution in [2.45, 2.75) is 33.6 Å². The molecule has 0 spiro atoms. The van der Waals surface area contributed by atoms with Gasteiger partial charge in [-0.25, -0.2) is 0 Å². The predicted octanol–water partition coefficient (Wildman–Crippen LogP) is 4.00. The fourth-order valence-corrected chi connectivity index (χ4v) is 3.08. The van der Waals surface area contributed by atoms with Crippen molar-refractivity contribution in [1.29, 1.82) is 0 Å². The van der Waals surface area contributed by atoms with Gasteiger partial charge in [-0.05, 0) is 67.6 Å². The summed E-state index contributed by atoms with van der Waals surface area (Å²) in [5.41, 5.74) is 4.47. The lowest BCUT2D eigenvalue weighted by Gasteiger charge is -2.14. The predicted molar refractivity (Wildman–Crippen MR) is 110 cm³/mol. The van der Waals surface area contributed by atoms with Gasteiger partial charge in [0.1, 0.15) is 0 Å². The third kappa shape index (κ3) is 5.50. The molecule has 6 nitrogen and oxygen atoms in total. The lowest BCUT2D eigenvalue weighted by molar-refractivity contribution is -0.142. The molecule has 0 aromatic heterocycles. The number of carbonyl (C=O) groups is 2. The smallest absolute Gasteiger partial charge is 0.306 e. The third-order valence-corrected chi connectivity index (χ3v) is 4.85. The average molecular weight is 400 g/mol. The highest BCUT2D eigenvalue weighted by molar-refractivity contribution is 5.99. The van der Waals surface area contributed by atoms with Crippen molar-refractivity contribution >= 4 is 11.8 Å². The molecule has 0 saturated carbocycles. The van der Waals surface area contributed by atoms with Gasteiger partial charge in [0.2, 0.25) is 11.5 Å². The molecular formula is C23H28O6. The first-order chi connectivity index (χ1) is 13.8. The molecule has 6 heteroatoms. The number of ether oxygens (including phenoxy) is 4. The maximum absolute atomic E-state index is 12.4. The van der Waals surface area contributed by atoms with Crippen molar-refractivity contribution in [1.82, 2.24) is 0 Å². The van der Waals surface area contributed by atoms with Gasteiger partial charge < -0.3 is 18.9 Å². The average Bonchev–Trinajstić information content (AvgIpc) is 2.71. The Bertz CT molecular complexity index is 875. The van der Waals surface area contributed by atoms with Crippen LogP contribution in [0.2, 0.25) is 0 Å². The number of benzene rings is 2. The Kier molecular flexibility index (Phi) is 7.65. The first-order valence-corrected chi connectivity index (χ1v) is 9.36. The van der Waals surface area contributed by atoms with Crippen molar-refractivity contribution in [3.05, 3.63) is 52.1 Å². The van der Waals surface area contributed by atoms with Gasteiger partial charge >= 0.3 is 5.97 Å². The van der Waals surface area contributed by atoms with E-state index in [0.29, 0.717) is 29.2 Å². The van der Waals surface area contributed by atoms with E-state index in [-0.39, 0.29) is 18.8 Å². The summed E-state index contributed by atoms with van der Waals surface area (Å²) in [5, 5.41) is 0. The largest absolute Gasteiger partial charge is 0.493 e. The monoisotopic (exact) mass is 400 g/mol. The number of ketones is 1. The van der Waals surface area contributed by atoms with Crippen LogP contribution < -0.4 is 14.2 Å². The van der Waals surface area contributed by atoms with Crippen LogP contribution >= 0.6 is 0 Å². The van der Waals surface area contributed by atoms with Crippen molar-refractivity contribution in [2.75, 3.05) is 27.9 Å². The molecule has 0 amide bonds. The van der Waals surface area contributed by atoms with Gasteiger partial charge in [0, 0.05) is 12.0 Å². The quantitative estimate of drug-likeness (QED) is 0.468. The molecule has 0 N–H and O–H groups in total. The molecular weight excluding hydrogens is 372 g/mol. The highest BCUT2D eigenvalue weighted by Crippen LogP contribution is 2.38. The Balaban J connectivity index is 1.97. The summed E-state index contributed by atoms with van der Waals surface area (Å²) in [4.78, 5) is 24.5. The van der Waals surface area contributed by atoms with Crippen molar-refractivity contribution in [2.24, 2.45) is 0 Å². The standard InChI is InChI=1S/C23H28O6/c1-14-9-16(3)18(10-15(14)2)19(24)13-29-22(25)8-7-17-11-20(26-4)23(28-6)21(12-17)27-5/h9-12H,7-8,13H2,1-6H3. The van der Waals surface area contributed by atoms with E-state index in [2.05, 4.69) is 0 Å². The van der Waals surface area contributed by atoms with E-state index in [9.17, 15) is 9.59 Å². The molecule has 0 radical (unpaired) electrons. The number of hydrogen-bond donors (Lipinski definition) is 0. The summed E-state index contributed by atoms with van der Waals surface area (Å²) in [6.45, 7) is 5.57. The van der Waals surface area contributed by atoms with E-state index in [1.807, 2.05) is 32.9 Å². The highest BCUT2D eigenvalue weighted by Gasteiger charge is 2.16. The van der Waals surface area contributed by atoms with E-state index < -0.39 is 5.97 Å². The minimum Gasteiger partial charge on any atom is -0.493 e. The molecule has 0 saturated heterocycles. The molecule has 0 heterocycles. The van der Waals surface area contributed by atoms with E-state index in [0.717, 1.165) is 22.3 Å². The van der Waals surface area contributed by atoms with Gasteiger partial charge in [0.05, 0.1) is 21.3 Å². The van der Waals surface area contributed by atoms with Crippen molar-refractivity contribution in [3.8, 4) is 17.2 Å². The summed E-state index contributed by atoms with van der Waals surface area (Å²) < 4.78 is 21.1. The second-order valence-corrected chi connectivity index (χ2v) is 6.87. The zero-order valence-corrected chi connectivity index (χ0v) is 17.9. The van der Waals surface area contributed by atoms with Crippen LogP contribution in [0.15, 0.2) is 24.3 Å². The fourth-order valence-electron chi connectivity index (χ4n) is 3.08. The van der Waals surface area contributed by atoms with Gasteiger partial charge in [0.25, 0.3) is 0 Å². The van der Waals surface area contributed by atoms with Gasteiger partial charge in [-0.1, -0.05) is 6.07 Å². The van der Waals surface area contributed by atoms with E-state index in [1.165, 1.54) is 21.3 Å². The molecule has 0 atom stereocenters. The molecule has 0 aliphatic heterocycles. The summed E-state index contributed by atoms with van der Waals surface area (Å²) in [6, 6.07) is 7.39. The topological polar surface area (TPSA) is 71.1 Å². The Morgan fingerprint density at radius 3 is 1.93 bits per heavy atom. The van der Waals surface area contributed by atoms with Gasteiger partial charge in [-0.2, -0.15) is 0 Å². The lowest BCUT2D eigenvalue weighted by Crippen LogP contribution is -2.15. The molecule has 0 bridgehead atoms. The molecule has 2 rings (SSSR count). The zero-order chi connectivity index (χ0) is 21.6. The normalized spacial score (nSPS) is 10.4. The maximum Gasteiger partial charge on any atom is 0.306 e. The van der Waals surface area contributed by atoms with E-state index in [4.69, 9.17) is 18.9 Å². The Morgan fingerprint density at radius 1 is 0.793 bits per heavy atom. The van der Waals surface area contributed by atoms with Crippen LogP contribution in [0.25, 0.3) is 0 Å². The Morgan fingerprint density at radius 2 is 1.38 bits per heavy atom. The molecule has 0 fully saturated rings. The van der Waals surface area contributed by atoms with Crippen molar-refractivity contribution in [3.63, 3.8) is 0 Å². The SMILES string of the molecule is COc1cc(CCC(=O)OCC(=O)c2cc(C)c(C)cc2C)cc(OC)c1OC. The molecule has 156 valence electrons. The number of carbonyl (C=O) groups excluding carboxylic acids is 2. The number of hydrogen-bond acceptors (Lipinski definition) is 6. The fraction of sp³-hybridized carbons (Fsp3) is 0.391. The maximum atomic E-state index is 12.4. The van der Waals surface area contributed by atoms with Crippen LogP contribution in [-0.4, -0.2) is 39.7 Å².